The first-order chi connectivity index (χ1) is 9.53. The summed E-state index contributed by atoms with van der Waals surface area (Å²) in [6.45, 7) is 8.41. The molecule has 1 fully saturated rings. The van der Waals surface area contributed by atoms with Gasteiger partial charge in [-0.15, -0.1) is 0 Å². The number of ether oxygens (including phenoxy) is 2. The normalized spacial score (nSPS) is 27.9. The lowest BCUT2D eigenvalue weighted by Gasteiger charge is -2.40. The molecule has 0 radical (unpaired) electrons. The number of fused-ring (bicyclic) bond motifs is 1. The monoisotopic (exact) mass is 275 g/mol. The molecule has 0 spiro atoms. The molecule has 3 nitrogen and oxygen atoms in total. The van der Waals surface area contributed by atoms with E-state index in [0.717, 1.165) is 17.2 Å². The van der Waals surface area contributed by atoms with Gasteiger partial charge in [0.05, 0.1) is 0 Å². The summed E-state index contributed by atoms with van der Waals surface area (Å²) in [4.78, 5) is 0. The van der Waals surface area contributed by atoms with E-state index in [2.05, 4.69) is 38.2 Å². The Hall–Kier alpha value is -1.38. The van der Waals surface area contributed by atoms with Crippen LogP contribution in [0.3, 0.4) is 0 Å². The molecule has 0 bridgehead atoms. The minimum atomic E-state index is 0.490. The Morgan fingerprint density at radius 1 is 1.15 bits per heavy atom. The molecule has 1 aromatic carbocycles. The molecule has 1 heterocycles. The van der Waals surface area contributed by atoms with Gasteiger partial charge < -0.3 is 14.8 Å². The Labute approximate surface area is 121 Å². The zero-order chi connectivity index (χ0) is 14.2. The van der Waals surface area contributed by atoms with Crippen molar-refractivity contribution in [1.82, 2.24) is 0 Å². The molecule has 110 valence electrons. The van der Waals surface area contributed by atoms with E-state index >= 15 is 0 Å². The molecule has 1 saturated carbocycles. The standard InChI is InChI=1S/C17H25NO2/c1-12-11-17(2,3)7-6-14(12)18-13-4-5-15-16(10-13)20-9-8-19-15/h4-5,10,12,14,18H,6-9,11H2,1-3H3. The van der Waals surface area contributed by atoms with E-state index in [1.165, 1.54) is 19.3 Å². The average molecular weight is 275 g/mol. The smallest absolute Gasteiger partial charge is 0.163 e. The van der Waals surface area contributed by atoms with Crippen LogP contribution in [0.5, 0.6) is 11.5 Å². The van der Waals surface area contributed by atoms with Crippen molar-refractivity contribution in [1.29, 1.82) is 0 Å². The van der Waals surface area contributed by atoms with Gasteiger partial charge in [0.25, 0.3) is 0 Å². The molecule has 2 unspecified atom stereocenters. The third-order valence-electron chi connectivity index (χ3n) is 4.59. The van der Waals surface area contributed by atoms with Gasteiger partial charge in [-0.1, -0.05) is 20.8 Å². The van der Waals surface area contributed by atoms with Crippen molar-refractivity contribution >= 4 is 5.69 Å². The first kappa shape index (κ1) is 13.6. The van der Waals surface area contributed by atoms with E-state index in [4.69, 9.17) is 9.47 Å². The third kappa shape index (κ3) is 2.87. The molecular formula is C17H25NO2. The highest BCUT2D eigenvalue weighted by atomic mass is 16.6. The van der Waals surface area contributed by atoms with Crippen molar-refractivity contribution in [3.63, 3.8) is 0 Å². The molecule has 2 atom stereocenters. The molecule has 1 aliphatic heterocycles. The summed E-state index contributed by atoms with van der Waals surface area (Å²) in [5.41, 5.74) is 1.63. The quantitative estimate of drug-likeness (QED) is 0.882. The van der Waals surface area contributed by atoms with Crippen LogP contribution in [0.4, 0.5) is 5.69 Å². The lowest BCUT2D eigenvalue weighted by Crippen LogP contribution is -2.36. The van der Waals surface area contributed by atoms with Crippen molar-refractivity contribution in [2.45, 2.75) is 46.1 Å². The maximum atomic E-state index is 5.65. The highest BCUT2D eigenvalue weighted by molar-refractivity contribution is 5.55. The van der Waals surface area contributed by atoms with Gasteiger partial charge in [0.2, 0.25) is 0 Å². The number of hydrogen-bond donors (Lipinski definition) is 1. The first-order valence-electron chi connectivity index (χ1n) is 7.70. The fraction of sp³-hybridized carbons (Fsp3) is 0.647. The van der Waals surface area contributed by atoms with E-state index in [0.29, 0.717) is 30.6 Å². The van der Waals surface area contributed by atoms with Gasteiger partial charge in [0.15, 0.2) is 11.5 Å². The van der Waals surface area contributed by atoms with Crippen LogP contribution in [0, 0.1) is 11.3 Å². The second-order valence-corrected chi connectivity index (χ2v) is 6.99. The molecule has 1 aromatic rings. The van der Waals surface area contributed by atoms with Gasteiger partial charge in [-0.25, -0.2) is 0 Å². The lowest BCUT2D eigenvalue weighted by molar-refractivity contribution is 0.171. The zero-order valence-electron chi connectivity index (χ0n) is 12.7. The molecular weight excluding hydrogens is 250 g/mol. The predicted octanol–water partition coefficient (Wildman–Crippen LogP) is 4.08. The molecule has 3 rings (SSSR count). The van der Waals surface area contributed by atoms with Crippen LogP contribution in [-0.2, 0) is 0 Å². The minimum absolute atomic E-state index is 0.490. The number of benzene rings is 1. The van der Waals surface area contributed by atoms with Crippen LogP contribution in [0.1, 0.15) is 40.0 Å². The molecule has 1 aliphatic carbocycles. The Morgan fingerprint density at radius 3 is 2.65 bits per heavy atom. The molecule has 1 N–H and O–H groups in total. The van der Waals surface area contributed by atoms with E-state index in [1.807, 2.05) is 6.07 Å². The van der Waals surface area contributed by atoms with Gasteiger partial charge in [0.1, 0.15) is 13.2 Å². The van der Waals surface area contributed by atoms with Crippen molar-refractivity contribution < 1.29 is 9.47 Å². The number of nitrogens with one attached hydrogen (secondary N) is 1. The van der Waals surface area contributed by atoms with Crippen LogP contribution in [0.2, 0.25) is 0 Å². The summed E-state index contributed by atoms with van der Waals surface area (Å²) in [5.74, 6) is 2.43. The topological polar surface area (TPSA) is 30.5 Å². The van der Waals surface area contributed by atoms with Crippen LogP contribution in [0.15, 0.2) is 18.2 Å². The highest BCUT2D eigenvalue weighted by Crippen LogP contribution is 2.40. The first-order valence-corrected chi connectivity index (χ1v) is 7.70. The summed E-state index contributed by atoms with van der Waals surface area (Å²) in [5, 5.41) is 3.68. The highest BCUT2D eigenvalue weighted by Gasteiger charge is 2.32. The molecule has 0 saturated heterocycles. The maximum absolute atomic E-state index is 5.65. The molecule has 2 aliphatic rings. The second-order valence-electron chi connectivity index (χ2n) is 6.99. The predicted molar refractivity (Wildman–Crippen MR) is 81.6 cm³/mol. The molecule has 20 heavy (non-hydrogen) atoms. The van der Waals surface area contributed by atoms with E-state index < -0.39 is 0 Å². The number of rotatable bonds is 2. The van der Waals surface area contributed by atoms with Crippen molar-refractivity contribution in [3.05, 3.63) is 18.2 Å². The van der Waals surface area contributed by atoms with E-state index in [9.17, 15) is 0 Å². The van der Waals surface area contributed by atoms with Crippen molar-refractivity contribution in [2.75, 3.05) is 18.5 Å². The van der Waals surface area contributed by atoms with Gasteiger partial charge in [-0.05, 0) is 42.7 Å². The summed E-state index contributed by atoms with van der Waals surface area (Å²) in [6.07, 6.45) is 3.82. The van der Waals surface area contributed by atoms with E-state index in [1.54, 1.807) is 0 Å². The Bertz CT molecular complexity index is 484. The van der Waals surface area contributed by atoms with Crippen LogP contribution in [-0.4, -0.2) is 19.3 Å². The van der Waals surface area contributed by atoms with Crippen LogP contribution < -0.4 is 14.8 Å². The van der Waals surface area contributed by atoms with Crippen LogP contribution in [0.25, 0.3) is 0 Å². The van der Waals surface area contributed by atoms with E-state index in [-0.39, 0.29) is 0 Å². The van der Waals surface area contributed by atoms with Crippen LogP contribution >= 0.6 is 0 Å². The zero-order valence-corrected chi connectivity index (χ0v) is 12.7. The summed E-state index contributed by atoms with van der Waals surface area (Å²) in [7, 11) is 0. The minimum Gasteiger partial charge on any atom is -0.486 e. The number of anilines is 1. The Morgan fingerprint density at radius 2 is 1.90 bits per heavy atom. The Balaban J connectivity index is 1.69. The maximum Gasteiger partial charge on any atom is 0.163 e. The fourth-order valence-electron chi connectivity index (χ4n) is 3.51. The summed E-state index contributed by atoms with van der Waals surface area (Å²) >= 11 is 0. The molecule has 3 heteroatoms. The van der Waals surface area contributed by atoms with Crippen molar-refractivity contribution in [2.24, 2.45) is 11.3 Å². The van der Waals surface area contributed by atoms with Gasteiger partial charge >= 0.3 is 0 Å². The summed E-state index contributed by atoms with van der Waals surface area (Å²) < 4.78 is 11.2. The Kier molecular flexibility index (Phi) is 3.53. The molecule has 0 aromatic heterocycles. The SMILES string of the molecule is CC1CC(C)(C)CCC1Nc1ccc2c(c1)OCCO2. The van der Waals surface area contributed by atoms with Gasteiger partial charge in [-0.3, -0.25) is 0 Å². The third-order valence-corrected chi connectivity index (χ3v) is 4.59. The van der Waals surface area contributed by atoms with Crippen molar-refractivity contribution in [3.8, 4) is 11.5 Å². The second kappa shape index (κ2) is 5.19. The fourth-order valence-corrected chi connectivity index (χ4v) is 3.51. The average Bonchev–Trinajstić information content (AvgIpc) is 2.41. The lowest BCUT2D eigenvalue weighted by atomic mass is 9.70. The largest absolute Gasteiger partial charge is 0.486 e. The van der Waals surface area contributed by atoms with Gasteiger partial charge in [-0.2, -0.15) is 0 Å². The molecule has 0 amide bonds. The summed E-state index contributed by atoms with van der Waals surface area (Å²) in [6, 6.07) is 6.74. The number of hydrogen-bond acceptors (Lipinski definition) is 3. The van der Waals surface area contributed by atoms with Gasteiger partial charge in [0, 0.05) is 17.8 Å².